The van der Waals surface area contributed by atoms with Crippen molar-refractivity contribution in [2.45, 2.75) is 70.6 Å². The average Bonchev–Trinajstić information content (AvgIpc) is 2.63. The minimum atomic E-state index is 0.153. The summed E-state index contributed by atoms with van der Waals surface area (Å²) in [6, 6.07) is 9.71. The number of aromatic nitrogens is 1. The Morgan fingerprint density at radius 2 is 1.52 bits per heavy atom. The molecule has 0 atom stereocenters. The summed E-state index contributed by atoms with van der Waals surface area (Å²) in [5.41, 5.74) is 2.35. The lowest BCUT2D eigenvalue weighted by molar-refractivity contribution is 0.557. The Morgan fingerprint density at radius 3 is 2.20 bits per heavy atom. The van der Waals surface area contributed by atoms with Gasteiger partial charge in [-0.05, 0) is 37.8 Å². The summed E-state index contributed by atoms with van der Waals surface area (Å²) in [4.78, 5) is 12.2. The van der Waals surface area contributed by atoms with Crippen molar-refractivity contribution in [1.82, 2.24) is 4.57 Å². The summed E-state index contributed by atoms with van der Waals surface area (Å²) < 4.78 is 2.18. The normalized spacial score (nSPS) is 11.1. The van der Waals surface area contributed by atoms with Crippen molar-refractivity contribution >= 4 is 10.9 Å². The maximum absolute atomic E-state index is 12.2. The molecule has 0 aliphatic rings. The molecular weight excluding hydrogens is 306 g/mol. The van der Waals surface area contributed by atoms with Gasteiger partial charge in [0.15, 0.2) is 5.43 Å². The van der Waals surface area contributed by atoms with Crippen LogP contribution in [0.1, 0.15) is 69.9 Å². The van der Waals surface area contributed by atoms with Crippen LogP contribution in [0.4, 0.5) is 0 Å². The summed E-state index contributed by atoms with van der Waals surface area (Å²) in [5, 5.41) is 0.821. The number of para-hydroxylation sites is 1. The maximum Gasteiger partial charge on any atom is 0.189 e. The zero-order valence-corrected chi connectivity index (χ0v) is 15.8. The molecule has 0 bridgehead atoms. The van der Waals surface area contributed by atoms with Crippen molar-refractivity contribution in [3.63, 3.8) is 0 Å². The van der Waals surface area contributed by atoms with E-state index in [0.29, 0.717) is 0 Å². The molecule has 2 heteroatoms. The number of pyridine rings is 1. The zero-order chi connectivity index (χ0) is 17.9. The highest BCUT2D eigenvalue weighted by Gasteiger charge is 2.05. The van der Waals surface area contributed by atoms with Crippen LogP contribution >= 0.6 is 0 Å². The number of hydrogen-bond donors (Lipinski definition) is 0. The minimum absolute atomic E-state index is 0.153. The van der Waals surface area contributed by atoms with Crippen LogP contribution in [0, 0.1) is 0 Å². The lowest BCUT2D eigenvalue weighted by atomic mass is 10.0. The first-order chi connectivity index (χ1) is 12.2. The second-order valence-electron chi connectivity index (χ2n) is 7.09. The quantitative estimate of drug-likeness (QED) is 0.335. The molecule has 0 amide bonds. The molecule has 1 aromatic heterocycles. The van der Waals surface area contributed by atoms with Gasteiger partial charge in [-0.15, -0.1) is 6.58 Å². The van der Waals surface area contributed by atoms with Crippen LogP contribution in [0.3, 0.4) is 0 Å². The fraction of sp³-hybridized carbons (Fsp3) is 0.522. The number of nitrogens with zero attached hydrogens (tertiary/aromatic N) is 1. The summed E-state index contributed by atoms with van der Waals surface area (Å²) in [6.45, 7) is 3.76. The Hall–Kier alpha value is -1.83. The summed E-state index contributed by atoms with van der Waals surface area (Å²) in [6.07, 6.45) is 16.0. The Bertz CT molecular complexity index is 714. The summed E-state index contributed by atoms with van der Waals surface area (Å²) in [5.74, 6) is 0. The lowest BCUT2D eigenvalue weighted by Gasteiger charge is -2.12. The van der Waals surface area contributed by atoms with Crippen LogP contribution in [0.2, 0.25) is 0 Å². The molecule has 2 aromatic rings. The van der Waals surface area contributed by atoms with Crippen molar-refractivity contribution in [1.29, 1.82) is 0 Å². The molecule has 25 heavy (non-hydrogen) atoms. The number of aryl methyl sites for hydroxylation is 2. The second kappa shape index (κ2) is 10.9. The molecule has 1 heterocycles. The minimum Gasteiger partial charge on any atom is -0.347 e. The molecule has 0 saturated heterocycles. The first-order valence-electron chi connectivity index (χ1n) is 9.92. The summed E-state index contributed by atoms with van der Waals surface area (Å²) >= 11 is 0. The van der Waals surface area contributed by atoms with Gasteiger partial charge in [0.2, 0.25) is 0 Å². The molecular formula is C23H33NO. The fourth-order valence-electron chi connectivity index (χ4n) is 3.53. The highest BCUT2D eigenvalue weighted by molar-refractivity contribution is 5.79. The molecule has 0 aliphatic carbocycles. The van der Waals surface area contributed by atoms with Crippen LogP contribution < -0.4 is 5.43 Å². The third-order valence-corrected chi connectivity index (χ3v) is 5.10. The van der Waals surface area contributed by atoms with Crippen LogP contribution in [-0.2, 0) is 13.5 Å². The van der Waals surface area contributed by atoms with E-state index in [2.05, 4.69) is 18.2 Å². The van der Waals surface area contributed by atoms with Crippen molar-refractivity contribution in [3.8, 4) is 0 Å². The lowest BCUT2D eigenvalue weighted by Crippen LogP contribution is -2.11. The molecule has 0 fully saturated rings. The van der Waals surface area contributed by atoms with Crippen molar-refractivity contribution < 1.29 is 0 Å². The monoisotopic (exact) mass is 339 g/mol. The first-order valence-corrected chi connectivity index (χ1v) is 9.92. The van der Waals surface area contributed by atoms with E-state index in [9.17, 15) is 4.79 Å². The largest absolute Gasteiger partial charge is 0.347 e. The van der Waals surface area contributed by atoms with Gasteiger partial charge in [0.05, 0.1) is 5.52 Å². The number of benzene rings is 1. The first kappa shape index (κ1) is 19.5. The van der Waals surface area contributed by atoms with Crippen molar-refractivity contribution in [3.05, 3.63) is 58.9 Å². The maximum atomic E-state index is 12.2. The van der Waals surface area contributed by atoms with E-state index in [1.165, 1.54) is 57.8 Å². The molecule has 0 N–H and O–H groups in total. The van der Waals surface area contributed by atoms with Gasteiger partial charge in [0.25, 0.3) is 0 Å². The highest BCUT2D eigenvalue weighted by Crippen LogP contribution is 2.15. The van der Waals surface area contributed by atoms with Crippen molar-refractivity contribution in [2.24, 2.45) is 7.05 Å². The van der Waals surface area contributed by atoms with Gasteiger partial charge in [0, 0.05) is 24.2 Å². The van der Waals surface area contributed by atoms with Gasteiger partial charge < -0.3 is 4.57 Å². The predicted molar refractivity (Wildman–Crippen MR) is 109 cm³/mol. The van der Waals surface area contributed by atoms with Crippen LogP contribution in [0.5, 0.6) is 0 Å². The van der Waals surface area contributed by atoms with Gasteiger partial charge >= 0.3 is 0 Å². The molecule has 2 nitrogen and oxygen atoms in total. The van der Waals surface area contributed by atoms with Gasteiger partial charge in [-0.2, -0.15) is 0 Å². The molecule has 136 valence electrons. The molecule has 2 rings (SSSR count). The number of allylic oxidation sites excluding steroid dienone is 1. The van der Waals surface area contributed by atoms with E-state index >= 15 is 0 Å². The third-order valence-electron chi connectivity index (χ3n) is 5.10. The molecule has 0 spiro atoms. The number of rotatable bonds is 12. The smallest absolute Gasteiger partial charge is 0.189 e. The number of hydrogen-bond acceptors (Lipinski definition) is 1. The molecule has 0 saturated carbocycles. The Morgan fingerprint density at radius 1 is 0.920 bits per heavy atom. The van der Waals surface area contributed by atoms with Crippen LogP contribution in [0.25, 0.3) is 10.9 Å². The van der Waals surface area contributed by atoms with Gasteiger partial charge in [0.1, 0.15) is 0 Å². The Balaban J connectivity index is 1.66. The van der Waals surface area contributed by atoms with Crippen molar-refractivity contribution in [2.75, 3.05) is 0 Å². The number of fused-ring (bicyclic) bond motifs is 1. The van der Waals surface area contributed by atoms with E-state index in [4.69, 9.17) is 0 Å². The summed E-state index contributed by atoms with van der Waals surface area (Å²) in [7, 11) is 2.07. The van der Waals surface area contributed by atoms with E-state index in [1.807, 2.05) is 36.4 Å². The Labute approximate surface area is 152 Å². The second-order valence-corrected chi connectivity index (χ2v) is 7.09. The van der Waals surface area contributed by atoms with Gasteiger partial charge in [-0.25, -0.2) is 0 Å². The Kier molecular flexibility index (Phi) is 8.51. The van der Waals surface area contributed by atoms with E-state index in [0.717, 1.165) is 29.4 Å². The van der Waals surface area contributed by atoms with Gasteiger partial charge in [-0.3, -0.25) is 4.79 Å². The topological polar surface area (TPSA) is 22.0 Å². The van der Waals surface area contributed by atoms with Crippen LogP contribution in [0.15, 0.2) is 47.8 Å². The molecule has 0 radical (unpaired) electrons. The molecule has 0 aliphatic heterocycles. The highest BCUT2D eigenvalue weighted by atomic mass is 16.1. The zero-order valence-electron chi connectivity index (χ0n) is 15.8. The predicted octanol–water partition coefficient (Wildman–Crippen LogP) is 6.17. The average molecular weight is 340 g/mol. The van der Waals surface area contributed by atoms with Crippen LogP contribution in [-0.4, -0.2) is 4.57 Å². The SMILES string of the molecule is C=CCCCCCCCCCCCc1cc(=O)c2ccccc2n1C. The van der Waals surface area contributed by atoms with E-state index in [1.54, 1.807) is 0 Å². The van der Waals surface area contributed by atoms with Gasteiger partial charge in [-0.1, -0.05) is 63.2 Å². The van der Waals surface area contributed by atoms with E-state index < -0.39 is 0 Å². The molecule has 1 aromatic carbocycles. The van der Waals surface area contributed by atoms with E-state index in [-0.39, 0.29) is 5.43 Å². The number of unbranched alkanes of at least 4 members (excludes halogenated alkanes) is 9. The molecule has 0 unspecified atom stereocenters. The standard InChI is InChI=1S/C23H33NO/c1-3-4-5-6-7-8-9-10-11-12-13-16-20-19-23(25)21-17-14-15-18-22(21)24(20)2/h3,14-15,17-19H,1,4-13,16H2,2H3. The fourth-order valence-corrected chi connectivity index (χ4v) is 3.53. The third kappa shape index (κ3) is 6.19.